The first kappa shape index (κ1) is 20.2. The van der Waals surface area contributed by atoms with E-state index >= 15 is 0 Å². The molecule has 0 radical (unpaired) electrons. The zero-order valence-electron chi connectivity index (χ0n) is 13.7. The smallest absolute Gasteiger partial charge is 0.191 e. The highest BCUT2D eigenvalue weighted by Gasteiger charge is 2.15. The molecule has 1 aliphatic heterocycles. The van der Waals surface area contributed by atoms with E-state index in [9.17, 15) is 0 Å². The third kappa shape index (κ3) is 8.52. The Labute approximate surface area is 155 Å². The maximum atomic E-state index is 5.67. The van der Waals surface area contributed by atoms with Gasteiger partial charge in [0.1, 0.15) is 0 Å². The van der Waals surface area contributed by atoms with Crippen LogP contribution in [0.25, 0.3) is 0 Å². The molecule has 1 atom stereocenters. The van der Waals surface area contributed by atoms with Crippen molar-refractivity contribution in [3.8, 4) is 0 Å². The van der Waals surface area contributed by atoms with E-state index in [1.54, 1.807) is 13.2 Å². The van der Waals surface area contributed by atoms with Crippen molar-refractivity contribution in [1.82, 2.24) is 20.2 Å². The van der Waals surface area contributed by atoms with Gasteiger partial charge in [-0.25, -0.2) is 4.98 Å². The van der Waals surface area contributed by atoms with E-state index in [0.29, 0.717) is 5.92 Å². The van der Waals surface area contributed by atoms with Gasteiger partial charge in [0, 0.05) is 58.2 Å². The molecule has 2 N–H and O–H groups in total. The SMILES string of the molecule is CN=C(NCCCOCC1CCOC1)NCCn1ccnc1.I. The molecule has 0 saturated carbocycles. The number of rotatable bonds is 9. The topological polar surface area (TPSA) is 72.7 Å². The Bertz CT molecular complexity index is 422. The van der Waals surface area contributed by atoms with E-state index in [2.05, 4.69) is 20.6 Å². The standard InChI is InChI=1S/C15H27N5O2.HI/c1-16-15(19-6-8-20-7-5-17-13-20)18-4-2-9-21-11-14-3-10-22-12-14;/h5,7,13-14H,2-4,6,8-12H2,1H3,(H2,16,18,19);1H. The number of imidazole rings is 1. The molecular formula is C15H28IN5O2. The lowest BCUT2D eigenvalue weighted by Crippen LogP contribution is -2.39. The van der Waals surface area contributed by atoms with E-state index in [0.717, 1.165) is 64.9 Å². The molecule has 7 nitrogen and oxygen atoms in total. The van der Waals surface area contributed by atoms with Crippen molar-refractivity contribution in [2.45, 2.75) is 19.4 Å². The largest absolute Gasteiger partial charge is 0.381 e. The van der Waals surface area contributed by atoms with Crippen LogP contribution in [-0.4, -0.2) is 62.1 Å². The lowest BCUT2D eigenvalue weighted by Gasteiger charge is -2.12. The molecule has 1 fully saturated rings. The average Bonchev–Trinajstić information content (AvgIpc) is 3.22. The Morgan fingerprint density at radius 2 is 2.30 bits per heavy atom. The van der Waals surface area contributed by atoms with Gasteiger partial charge < -0.3 is 24.7 Å². The first-order chi connectivity index (χ1) is 10.9. The quantitative estimate of drug-likeness (QED) is 0.262. The summed E-state index contributed by atoms with van der Waals surface area (Å²) in [5, 5.41) is 6.56. The minimum atomic E-state index is 0. The van der Waals surface area contributed by atoms with Gasteiger partial charge in [-0.2, -0.15) is 0 Å². The Hall–Kier alpha value is -0.870. The van der Waals surface area contributed by atoms with Crippen LogP contribution < -0.4 is 10.6 Å². The lowest BCUT2D eigenvalue weighted by molar-refractivity contribution is 0.0888. The molecule has 0 aliphatic carbocycles. The predicted octanol–water partition coefficient (Wildman–Crippen LogP) is 1.11. The van der Waals surface area contributed by atoms with Gasteiger partial charge in [0.05, 0.1) is 19.5 Å². The number of aliphatic imine (C=N–C) groups is 1. The molecule has 1 aromatic rings. The van der Waals surface area contributed by atoms with Gasteiger partial charge in [-0.1, -0.05) is 0 Å². The van der Waals surface area contributed by atoms with Crippen molar-refractivity contribution in [3.05, 3.63) is 18.7 Å². The number of nitrogens with zero attached hydrogens (tertiary/aromatic N) is 3. The van der Waals surface area contributed by atoms with E-state index in [4.69, 9.17) is 9.47 Å². The van der Waals surface area contributed by atoms with Gasteiger partial charge in [0.15, 0.2) is 5.96 Å². The first-order valence-corrected chi connectivity index (χ1v) is 7.94. The molecule has 132 valence electrons. The van der Waals surface area contributed by atoms with Gasteiger partial charge in [-0.05, 0) is 12.8 Å². The highest BCUT2D eigenvalue weighted by atomic mass is 127. The Morgan fingerprint density at radius 1 is 1.43 bits per heavy atom. The van der Waals surface area contributed by atoms with Crippen LogP contribution >= 0.6 is 24.0 Å². The predicted molar refractivity (Wildman–Crippen MR) is 101 cm³/mol. The van der Waals surface area contributed by atoms with Crippen LogP contribution in [0.2, 0.25) is 0 Å². The van der Waals surface area contributed by atoms with Crippen LogP contribution in [-0.2, 0) is 16.0 Å². The number of nitrogens with one attached hydrogen (secondary N) is 2. The zero-order valence-corrected chi connectivity index (χ0v) is 16.1. The molecule has 2 rings (SSSR count). The second-order valence-electron chi connectivity index (χ2n) is 5.38. The molecule has 1 aromatic heterocycles. The summed E-state index contributed by atoms with van der Waals surface area (Å²) in [5.74, 6) is 1.41. The fourth-order valence-corrected chi connectivity index (χ4v) is 2.29. The monoisotopic (exact) mass is 437 g/mol. The van der Waals surface area contributed by atoms with Crippen LogP contribution in [0.4, 0.5) is 0 Å². The maximum absolute atomic E-state index is 5.67. The summed E-state index contributed by atoms with van der Waals surface area (Å²) < 4.78 is 13.0. The fraction of sp³-hybridized carbons (Fsp3) is 0.733. The minimum Gasteiger partial charge on any atom is -0.381 e. The van der Waals surface area contributed by atoms with E-state index < -0.39 is 0 Å². The van der Waals surface area contributed by atoms with Crippen molar-refractivity contribution in [1.29, 1.82) is 0 Å². The van der Waals surface area contributed by atoms with Crippen LogP contribution in [0.3, 0.4) is 0 Å². The Kier molecular flexibility index (Phi) is 11.0. The minimum absolute atomic E-state index is 0. The lowest BCUT2D eigenvalue weighted by atomic mass is 10.1. The van der Waals surface area contributed by atoms with Gasteiger partial charge in [0.25, 0.3) is 0 Å². The third-order valence-corrected chi connectivity index (χ3v) is 3.58. The zero-order chi connectivity index (χ0) is 15.5. The number of halogens is 1. The summed E-state index contributed by atoms with van der Waals surface area (Å²) in [4.78, 5) is 8.21. The van der Waals surface area contributed by atoms with Gasteiger partial charge in [-0.15, -0.1) is 24.0 Å². The molecule has 0 aromatic carbocycles. The highest BCUT2D eigenvalue weighted by Crippen LogP contribution is 2.12. The Morgan fingerprint density at radius 3 is 3.00 bits per heavy atom. The maximum Gasteiger partial charge on any atom is 0.191 e. The molecule has 8 heteroatoms. The normalized spacial score (nSPS) is 17.8. The van der Waals surface area contributed by atoms with Crippen molar-refractivity contribution in [2.75, 3.05) is 46.6 Å². The van der Waals surface area contributed by atoms with E-state index in [1.807, 2.05) is 17.1 Å². The molecule has 1 saturated heterocycles. The number of hydrogen-bond acceptors (Lipinski definition) is 4. The van der Waals surface area contributed by atoms with Crippen LogP contribution in [0.15, 0.2) is 23.7 Å². The van der Waals surface area contributed by atoms with Gasteiger partial charge in [0.2, 0.25) is 0 Å². The summed E-state index contributed by atoms with van der Waals surface area (Å²) in [6, 6.07) is 0. The Balaban J connectivity index is 0.00000264. The van der Waals surface area contributed by atoms with Crippen LogP contribution in [0.1, 0.15) is 12.8 Å². The highest BCUT2D eigenvalue weighted by molar-refractivity contribution is 14.0. The molecule has 0 bridgehead atoms. The fourth-order valence-electron chi connectivity index (χ4n) is 2.29. The summed E-state index contributed by atoms with van der Waals surface area (Å²) >= 11 is 0. The molecular weight excluding hydrogens is 409 g/mol. The van der Waals surface area contributed by atoms with Crippen molar-refractivity contribution in [3.63, 3.8) is 0 Å². The molecule has 1 aliphatic rings. The third-order valence-electron chi connectivity index (χ3n) is 3.58. The molecule has 0 spiro atoms. The number of hydrogen-bond donors (Lipinski definition) is 2. The van der Waals surface area contributed by atoms with Gasteiger partial charge in [-0.3, -0.25) is 4.99 Å². The summed E-state index contributed by atoms with van der Waals surface area (Å²) in [6.07, 6.45) is 7.64. The molecule has 0 amide bonds. The van der Waals surface area contributed by atoms with Crippen molar-refractivity contribution >= 4 is 29.9 Å². The average molecular weight is 437 g/mol. The summed E-state index contributed by atoms with van der Waals surface area (Å²) in [6.45, 7) is 5.86. The van der Waals surface area contributed by atoms with E-state index in [1.165, 1.54) is 0 Å². The first-order valence-electron chi connectivity index (χ1n) is 7.94. The second-order valence-corrected chi connectivity index (χ2v) is 5.38. The molecule has 23 heavy (non-hydrogen) atoms. The molecule has 2 heterocycles. The number of aromatic nitrogens is 2. The van der Waals surface area contributed by atoms with Crippen LogP contribution in [0.5, 0.6) is 0 Å². The van der Waals surface area contributed by atoms with Crippen molar-refractivity contribution < 1.29 is 9.47 Å². The van der Waals surface area contributed by atoms with Crippen LogP contribution in [0, 0.1) is 5.92 Å². The number of guanidine groups is 1. The summed E-state index contributed by atoms with van der Waals surface area (Å²) in [5.41, 5.74) is 0. The summed E-state index contributed by atoms with van der Waals surface area (Å²) in [7, 11) is 1.78. The van der Waals surface area contributed by atoms with Crippen molar-refractivity contribution in [2.24, 2.45) is 10.9 Å². The number of ether oxygens (including phenoxy) is 2. The second kappa shape index (κ2) is 12.5. The van der Waals surface area contributed by atoms with E-state index in [-0.39, 0.29) is 24.0 Å². The molecule has 1 unspecified atom stereocenters. The van der Waals surface area contributed by atoms with Gasteiger partial charge >= 0.3 is 0 Å².